The SMILES string of the molecule is Cc1cccc[n+]1OCCCN(C)c1ccccc1. The lowest BCUT2D eigenvalue weighted by Crippen LogP contribution is -2.45. The van der Waals surface area contributed by atoms with Crippen molar-refractivity contribution in [3.05, 3.63) is 60.4 Å². The van der Waals surface area contributed by atoms with Gasteiger partial charge in [-0.05, 0) is 18.2 Å². The Kier molecular flexibility index (Phi) is 4.78. The lowest BCUT2D eigenvalue weighted by Gasteiger charge is -2.18. The maximum atomic E-state index is 5.71. The Morgan fingerprint density at radius 3 is 2.53 bits per heavy atom. The number of anilines is 1. The molecule has 0 saturated carbocycles. The fourth-order valence-corrected chi connectivity index (χ4v) is 1.93. The second-order valence-corrected chi connectivity index (χ2v) is 4.61. The second kappa shape index (κ2) is 6.78. The van der Waals surface area contributed by atoms with Gasteiger partial charge < -0.3 is 4.90 Å². The van der Waals surface area contributed by atoms with E-state index in [1.807, 2.05) is 42.1 Å². The quantitative estimate of drug-likeness (QED) is 0.583. The predicted octanol–water partition coefficient (Wildman–Crippen LogP) is 2.24. The number of aryl methyl sites for hydroxylation is 1. The fraction of sp³-hybridized carbons (Fsp3) is 0.312. The van der Waals surface area contributed by atoms with Crippen molar-refractivity contribution in [1.82, 2.24) is 0 Å². The third-order valence-electron chi connectivity index (χ3n) is 3.08. The van der Waals surface area contributed by atoms with Crippen LogP contribution in [-0.4, -0.2) is 20.2 Å². The number of para-hydroxylation sites is 1. The summed E-state index contributed by atoms with van der Waals surface area (Å²) in [5, 5.41) is 0. The molecule has 0 aliphatic rings. The molecule has 0 aliphatic carbocycles. The second-order valence-electron chi connectivity index (χ2n) is 4.61. The summed E-state index contributed by atoms with van der Waals surface area (Å²) in [5.74, 6) is 0. The van der Waals surface area contributed by atoms with Gasteiger partial charge in [-0.2, -0.15) is 0 Å². The zero-order valence-electron chi connectivity index (χ0n) is 11.6. The number of aromatic nitrogens is 1. The van der Waals surface area contributed by atoms with E-state index in [4.69, 9.17) is 4.84 Å². The van der Waals surface area contributed by atoms with E-state index in [9.17, 15) is 0 Å². The van der Waals surface area contributed by atoms with Crippen LogP contribution in [0.25, 0.3) is 0 Å². The Balaban J connectivity index is 1.74. The molecule has 19 heavy (non-hydrogen) atoms. The number of nitrogens with zero attached hydrogens (tertiary/aromatic N) is 2. The summed E-state index contributed by atoms with van der Waals surface area (Å²) in [6, 6.07) is 16.4. The van der Waals surface area contributed by atoms with Crippen molar-refractivity contribution in [3.8, 4) is 0 Å². The van der Waals surface area contributed by atoms with Crippen LogP contribution in [0.1, 0.15) is 12.1 Å². The van der Waals surface area contributed by atoms with Gasteiger partial charge in [0.05, 0.1) is 0 Å². The Hall–Kier alpha value is -2.03. The number of hydrogen-bond donors (Lipinski definition) is 0. The summed E-state index contributed by atoms with van der Waals surface area (Å²) in [6.07, 6.45) is 2.93. The first-order valence-electron chi connectivity index (χ1n) is 6.64. The van der Waals surface area contributed by atoms with Crippen LogP contribution in [0.5, 0.6) is 0 Å². The lowest BCUT2D eigenvalue weighted by molar-refractivity contribution is -0.895. The Bertz CT molecular complexity index is 499. The summed E-state index contributed by atoms with van der Waals surface area (Å²) < 4.78 is 1.82. The first-order chi connectivity index (χ1) is 9.27. The van der Waals surface area contributed by atoms with Crippen LogP contribution in [0.3, 0.4) is 0 Å². The van der Waals surface area contributed by atoms with E-state index in [-0.39, 0.29) is 0 Å². The van der Waals surface area contributed by atoms with Crippen LogP contribution >= 0.6 is 0 Å². The normalized spacial score (nSPS) is 10.2. The summed E-state index contributed by atoms with van der Waals surface area (Å²) in [5.41, 5.74) is 2.35. The maximum absolute atomic E-state index is 5.71. The molecule has 0 saturated heterocycles. The molecular weight excluding hydrogens is 236 g/mol. The van der Waals surface area contributed by atoms with Gasteiger partial charge >= 0.3 is 0 Å². The average Bonchev–Trinajstić information content (AvgIpc) is 2.46. The molecule has 1 aromatic heterocycles. The van der Waals surface area contributed by atoms with Crippen LogP contribution < -0.4 is 14.5 Å². The molecule has 0 amide bonds. The molecule has 2 aromatic rings. The molecule has 3 heteroatoms. The minimum Gasteiger partial charge on any atom is -0.374 e. The molecule has 3 nitrogen and oxygen atoms in total. The molecule has 1 aromatic carbocycles. The standard InChI is InChI=1S/C16H21N2O/c1-15-9-6-7-13-18(15)19-14-8-12-17(2)16-10-4-3-5-11-16/h3-7,9-11,13H,8,12,14H2,1-2H3/q+1. The van der Waals surface area contributed by atoms with E-state index in [1.165, 1.54) is 5.69 Å². The third kappa shape index (κ3) is 3.98. The van der Waals surface area contributed by atoms with Crippen molar-refractivity contribution in [3.63, 3.8) is 0 Å². The van der Waals surface area contributed by atoms with Gasteiger partial charge in [-0.15, -0.1) is 0 Å². The van der Waals surface area contributed by atoms with Gasteiger partial charge in [-0.3, -0.25) is 4.84 Å². The van der Waals surface area contributed by atoms with Gasteiger partial charge in [0.25, 0.3) is 0 Å². The Labute approximate surface area is 115 Å². The average molecular weight is 257 g/mol. The monoisotopic (exact) mass is 257 g/mol. The highest BCUT2D eigenvalue weighted by Crippen LogP contribution is 2.10. The third-order valence-corrected chi connectivity index (χ3v) is 3.08. The number of pyridine rings is 1. The topological polar surface area (TPSA) is 16.4 Å². The van der Waals surface area contributed by atoms with E-state index in [0.29, 0.717) is 6.61 Å². The van der Waals surface area contributed by atoms with Gasteiger partial charge in [-0.1, -0.05) is 18.2 Å². The van der Waals surface area contributed by atoms with Gasteiger partial charge in [0.1, 0.15) is 0 Å². The predicted molar refractivity (Wildman–Crippen MR) is 77.2 cm³/mol. The number of rotatable bonds is 6. The van der Waals surface area contributed by atoms with Crippen molar-refractivity contribution in [2.24, 2.45) is 0 Å². The van der Waals surface area contributed by atoms with E-state index in [1.54, 1.807) is 0 Å². The Morgan fingerprint density at radius 1 is 1.05 bits per heavy atom. The molecule has 0 N–H and O–H groups in total. The smallest absolute Gasteiger partial charge is 0.231 e. The molecule has 0 unspecified atom stereocenters. The van der Waals surface area contributed by atoms with Crippen LogP contribution in [-0.2, 0) is 0 Å². The first-order valence-corrected chi connectivity index (χ1v) is 6.64. The molecule has 0 spiro atoms. The minimum atomic E-state index is 0.715. The van der Waals surface area contributed by atoms with E-state index >= 15 is 0 Å². The van der Waals surface area contributed by atoms with Crippen molar-refractivity contribution < 1.29 is 9.57 Å². The van der Waals surface area contributed by atoms with Crippen molar-refractivity contribution in [1.29, 1.82) is 0 Å². The first kappa shape index (κ1) is 13.4. The van der Waals surface area contributed by atoms with Crippen LogP contribution in [0.15, 0.2) is 54.7 Å². The molecule has 100 valence electrons. The van der Waals surface area contributed by atoms with E-state index in [0.717, 1.165) is 18.7 Å². The minimum absolute atomic E-state index is 0.715. The fourth-order valence-electron chi connectivity index (χ4n) is 1.93. The molecule has 0 atom stereocenters. The molecule has 0 radical (unpaired) electrons. The van der Waals surface area contributed by atoms with E-state index in [2.05, 4.69) is 36.2 Å². The Morgan fingerprint density at radius 2 is 1.79 bits per heavy atom. The summed E-state index contributed by atoms with van der Waals surface area (Å²) in [7, 11) is 2.11. The maximum Gasteiger partial charge on any atom is 0.231 e. The van der Waals surface area contributed by atoms with Gasteiger partial charge in [0.2, 0.25) is 11.9 Å². The molecule has 2 rings (SSSR count). The van der Waals surface area contributed by atoms with Crippen molar-refractivity contribution in [2.45, 2.75) is 13.3 Å². The van der Waals surface area contributed by atoms with Crippen LogP contribution in [0, 0.1) is 6.92 Å². The van der Waals surface area contributed by atoms with E-state index < -0.39 is 0 Å². The molecular formula is C16H21N2O+. The van der Waals surface area contributed by atoms with Crippen LogP contribution in [0.2, 0.25) is 0 Å². The lowest BCUT2D eigenvalue weighted by atomic mass is 10.3. The molecule has 0 fully saturated rings. The number of benzene rings is 1. The molecule has 0 bridgehead atoms. The largest absolute Gasteiger partial charge is 0.374 e. The highest BCUT2D eigenvalue weighted by molar-refractivity contribution is 5.44. The number of hydrogen-bond acceptors (Lipinski definition) is 2. The summed E-state index contributed by atoms with van der Waals surface area (Å²) >= 11 is 0. The highest BCUT2D eigenvalue weighted by Gasteiger charge is 2.06. The molecule has 0 aliphatic heterocycles. The van der Waals surface area contributed by atoms with Crippen molar-refractivity contribution >= 4 is 5.69 Å². The zero-order valence-corrected chi connectivity index (χ0v) is 11.6. The van der Waals surface area contributed by atoms with Crippen molar-refractivity contribution in [2.75, 3.05) is 25.1 Å². The van der Waals surface area contributed by atoms with Gasteiger partial charge in [-0.25, -0.2) is 0 Å². The van der Waals surface area contributed by atoms with Gasteiger partial charge in [0, 0.05) is 49.5 Å². The van der Waals surface area contributed by atoms with Gasteiger partial charge in [0.15, 0.2) is 6.61 Å². The highest BCUT2D eigenvalue weighted by atomic mass is 16.7. The summed E-state index contributed by atoms with van der Waals surface area (Å²) in [6.45, 7) is 3.74. The molecule has 1 heterocycles. The zero-order chi connectivity index (χ0) is 13.5. The summed E-state index contributed by atoms with van der Waals surface area (Å²) in [4.78, 5) is 7.95. The van der Waals surface area contributed by atoms with Crippen LogP contribution in [0.4, 0.5) is 5.69 Å².